The number of methoxy groups -OCH3 is 1. The van der Waals surface area contributed by atoms with Gasteiger partial charge in [0.1, 0.15) is 5.52 Å². The molecule has 0 saturated heterocycles. The number of hydrogen-bond donors (Lipinski definition) is 1. The summed E-state index contributed by atoms with van der Waals surface area (Å²) in [6.45, 7) is 1.35. The molecule has 0 amide bonds. The van der Waals surface area contributed by atoms with Crippen LogP contribution in [-0.4, -0.2) is 17.3 Å². The first-order chi connectivity index (χ1) is 6.66. The van der Waals surface area contributed by atoms with E-state index in [-0.39, 0.29) is 16.8 Å². The third-order valence-electron chi connectivity index (χ3n) is 2.17. The van der Waals surface area contributed by atoms with Gasteiger partial charge in [-0.3, -0.25) is 5.10 Å². The highest BCUT2D eigenvalue weighted by Gasteiger charge is 2.18. The number of ether oxygens (including phenoxy) is 1. The predicted octanol–water partition coefficient (Wildman–Crippen LogP) is 2.16. The van der Waals surface area contributed by atoms with Crippen LogP contribution in [0.2, 0.25) is 0 Å². The van der Waals surface area contributed by atoms with E-state index in [2.05, 4.69) is 10.2 Å². The Hall–Kier alpha value is -1.65. The Morgan fingerprint density at radius 1 is 1.36 bits per heavy atom. The zero-order chi connectivity index (χ0) is 10.3. The number of hydrogen-bond acceptors (Lipinski definition) is 2. The normalized spacial score (nSPS) is 10.9. The van der Waals surface area contributed by atoms with Gasteiger partial charge in [0.2, 0.25) is 0 Å². The van der Waals surface area contributed by atoms with Crippen molar-refractivity contribution in [3.05, 3.63) is 23.4 Å². The van der Waals surface area contributed by atoms with Crippen molar-refractivity contribution < 1.29 is 13.5 Å². The van der Waals surface area contributed by atoms with Gasteiger partial charge in [0, 0.05) is 5.56 Å². The zero-order valence-electron chi connectivity index (χ0n) is 7.69. The first-order valence-electron chi connectivity index (χ1n) is 4.01. The van der Waals surface area contributed by atoms with Crippen LogP contribution in [0.3, 0.4) is 0 Å². The topological polar surface area (TPSA) is 37.9 Å². The average molecular weight is 198 g/mol. The van der Waals surface area contributed by atoms with Gasteiger partial charge in [0.25, 0.3) is 0 Å². The van der Waals surface area contributed by atoms with Gasteiger partial charge in [0.05, 0.1) is 18.7 Å². The number of fused-ring (bicyclic) bond motifs is 1. The summed E-state index contributed by atoms with van der Waals surface area (Å²) < 4.78 is 31.8. The molecule has 1 aromatic carbocycles. The lowest BCUT2D eigenvalue weighted by atomic mass is 10.1. The minimum Gasteiger partial charge on any atom is -0.493 e. The van der Waals surface area contributed by atoms with E-state index < -0.39 is 11.6 Å². The number of nitrogens with zero attached hydrogens (tertiary/aromatic N) is 1. The molecule has 1 aromatic heterocycles. The first kappa shape index (κ1) is 8.93. The monoisotopic (exact) mass is 198 g/mol. The molecule has 0 fully saturated rings. The summed E-state index contributed by atoms with van der Waals surface area (Å²) in [6, 6.07) is 0. The summed E-state index contributed by atoms with van der Waals surface area (Å²) in [6.07, 6.45) is 1.33. The van der Waals surface area contributed by atoms with E-state index in [1.165, 1.54) is 20.2 Å². The molecule has 74 valence electrons. The van der Waals surface area contributed by atoms with Gasteiger partial charge in [-0.05, 0) is 6.92 Å². The second kappa shape index (κ2) is 2.94. The molecule has 1 N–H and O–H groups in total. The number of benzene rings is 1. The van der Waals surface area contributed by atoms with Crippen LogP contribution in [0.15, 0.2) is 6.20 Å². The number of rotatable bonds is 1. The number of nitrogens with one attached hydrogen (secondary N) is 1. The zero-order valence-corrected chi connectivity index (χ0v) is 7.69. The fourth-order valence-corrected chi connectivity index (χ4v) is 1.40. The third-order valence-corrected chi connectivity index (χ3v) is 2.17. The first-order valence-corrected chi connectivity index (χ1v) is 4.01. The van der Waals surface area contributed by atoms with E-state index >= 15 is 0 Å². The summed E-state index contributed by atoms with van der Waals surface area (Å²) in [4.78, 5) is 0. The molecule has 0 saturated carbocycles. The molecule has 0 aliphatic carbocycles. The Morgan fingerprint density at radius 3 is 2.71 bits per heavy atom. The lowest BCUT2D eigenvalue weighted by molar-refractivity contribution is 0.388. The van der Waals surface area contributed by atoms with Crippen LogP contribution < -0.4 is 4.74 Å². The molecule has 0 aliphatic rings. The molecule has 3 nitrogen and oxygen atoms in total. The Bertz CT molecular complexity index is 493. The van der Waals surface area contributed by atoms with Crippen molar-refractivity contribution in [3.63, 3.8) is 0 Å². The number of aromatic nitrogens is 2. The van der Waals surface area contributed by atoms with Crippen LogP contribution in [0.1, 0.15) is 5.56 Å². The second-order valence-electron chi connectivity index (χ2n) is 2.94. The molecule has 2 aromatic rings. The Balaban J connectivity index is 2.95. The summed E-state index contributed by atoms with van der Waals surface area (Å²) in [5, 5.41) is 6.41. The van der Waals surface area contributed by atoms with Gasteiger partial charge in [-0.2, -0.15) is 5.10 Å². The van der Waals surface area contributed by atoms with Gasteiger partial charge in [-0.25, -0.2) is 8.78 Å². The van der Waals surface area contributed by atoms with Gasteiger partial charge in [-0.1, -0.05) is 0 Å². The number of aromatic amines is 1. The molecular weight excluding hydrogens is 190 g/mol. The third kappa shape index (κ3) is 0.982. The standard InChI is InChI=1S/C9H8F2N2O/c1-4-6(10)8-5(3-12-13-8)9(14-2)7(4)11/h3H,1-2H3,(H,12,13). The lowest BCUT2D eigenvalue weighted by Gasteiger charge is -2.06. The molecule has 0 bridgehead atoms. The maximum atomic E-state index is 13.5. The molecule has 0 spiro atoms. The van der Waals surface area contributed by atoms with E-state index in [1.807, 2.05) is 0 Å². The molecule has 5 heteroatoms. The quantitative estimate of drug-likeness (QED) is 0.762. The highest BCUT2D eigenvalue weighted by Crippen LogP contribution is 2.32. The van der Waals surface area contributed by atoms with Crippen LogP contribution in [0.5, 0.6) is 5.75 Å². The molecule has 0 aliphatic heterocycles. The minimum atomic E-state index is -0.682. The van der Waals surface area contributed by atoms with Gasteiger partial charge < -0.3 is 4.74 Å². The number of H-pyrrole nitrogens is 1. The van der Waals surface area contributed by atoms with Crippen molar-refractivity contribution in [2.24, 2.45) is 0 Å². The van der Waals surface area contributed by atoms with Crippen molar-refractivity contribution in [2.75, 3.05) is 7.11 Å². The molecule has 0 atom stereocenters. The maximum Gasteiger partial charge on any atom is 0.171 e. The smallest absolute Gasteiger partial charge is 0.171 e. The van der Waals surface area contributed by atoms with E-state index in [1.54, 1.807) is 0 Å². The van der Waals surface area contributed by atoms with Crippen LogP contribution >= 0.6 is 0 Å². The van der Waals surface area contributed by atoms with Crippen LogP contribution in [-0.2, 0) is 0 Å². The molecular formula is C9H8F2N2O. The largest absolute Gasteiger partial charge is 0.493 e. The SMILES string of the molecule is COc1c(F)c(C)c(F)c2[nH]ncc12. The molecule has 0 radical (unpaired) electrons. The lowest BCUT2D eigenvalue weighted by Crippen LogP contribution is -1.96. The van der Waals surface area contributed by atoms with Crippen molar-refractivity contribution >= 4 is 10.9 Å². The summed E-state index contributed by atoms with van der Waals surface area (Å²) in [7, 11) is 1.34. The summed E-state index contributed by atoms with van der Waals surface area (Å²) in [5.41, 5.74) is 0.0966. The van der Waals surface area contributed by atoms with E-state index in [9.17, 15) is 8.78 Å². The maximum absolute atomic E-state index is 13.5. The highest BCUT2D eigenvalue weighted by molar-refractivity contribution is 5.86. The van der Waals surface area contributed by atoms with Gasteiger partial charge in [-0.15, -0.1) is 0 Å². The summed E-state index contributed by atoms with van der Waals surface area (Å²) >= 11 is 0. The molecule has 0 unspecified atom stereocenters. The second-order valence-corrected chi connectivity index (χ2v) is 2.94. The average Bonchev–Trinajstić information content (AvgIpc) is 2.64. The van der Waals surface area contributed by atoms with Gasteiger partial charge >= 0.3 is 0 Å². The molecule has 1 heterocycles. The van der Waals surface area contributed by atoms with Crippen molar-refractivity contribution in [3.8, 4) is 5.75 Å². The van der Waals surface area contributed by atoms with E-state index in [0.29, 0.717) is 5.39 Å². The Kier molecular flexibility index (Phi) is 1.87. The fourth-order valence-electron chi connectivity index (χ4n) is 1.40. The predicted molar refractivity (Wildman–Crippen MR) is 47.3 cm³/mol. The minimum absolute atomic E-state index is 0.0210. The van der Waals surface area contributed by atoms with Crippen LogP contribution in [0.25, 0.3) is 10.9 Å². The number of halogens is 2. The highest BCUT2D eigenvalue weighted by atomic mass is 19.1. The summed E-state index contributed by atoms with van der Waals surface area (Å²) in [5.74, 6) is -1.29. The van der Waals surface area contributed by atoms with Crippen molar-refractivity contribution in [1.29, 1.82) is 0 Å². The van der Waals surface area contributed by atoms with Crippen molar-refractivity contribution in [2.45, 2.75) is 6.92 Å². The molecule has 14 heavy (non-hydrogen) atoms. The Labute approximate surface area is 78.7 Å². The van der Waals surface area contributed by atoms with Crippen LogP contribution in [0, 0.1) is 18.6 Å². The van der Waals surface area contributed by atoms with Crippen LogP contribution in [0.4, 0.5) is 8.78 Å². The van der Waals surface area contributed by atoms with Gasteiger partial charge in [0.15, 0.2) is 17.4 Å². The van der Waals surface area contributed by atoms with Crippen molar-refractivity contribution in [1.82, 2.24) is 10.2 Å². The van der Waals surface area contributed by atoms with E-state index in [0.717, 1.165) is 0 Å². The van der Waals surface area contributed by atoms with E-state index in [4.69, 9.17) is 4.74 Å². The molecule has 2 rings (SSSR count). The Morgan fingerprint density at radius 2 is 2.07 bits per heavy atom. The fraction of sp³-hybridized carbons (Fsp3) is 0.222.